The van der Waals surface area contributed by atoms with Crippen LogP contribution in [0.25, 0.3) is 0 Å². The number of halogens is 2. The third-order valence-electron chi connectivity index (χ3n) is 2.88. The zero-order valence-corrected chi connectivity index (χ0v) is 11.3. The summed E-state index contributed by atoms with van der Waals surface area (Å²) in [7, 11) is 0. The SMILES string of the molecule is CC1(C(=O)c2ccc(F)c(Br)c2)CCCS1. The molecule has 0 amide bonds. The van der Waals surface area contributed by atoms with E-state index in [0.29, 0.717) is 10.0 Å². The monoisotopic (exact) mass is 302 g/mol. The van der Waals surface area contributed by atoms with Crippen LogP contribution in [0.5, 0.6) is 0 Å². The zero-order chi connectivity index (χ0) is 11.8. The van der Waals surface area contributed by atoms with Gasteiger partial charge in [0.25, 0.3) is 0 Å². The summed E-state index contributed by atoms with van der Waals surface area (Å²) in [5.74, 6) is 0.807. The Morgan fingerprint density at radius 1 is 1.56 bits per heavy atom. The number of thioether (sulfide) groups is 1. The molecule has 1 aliphatic rings. The first-order valence-corrected chi connectivity index (χ1v) is 6.95. The van der Waals surface area contributed by atoms with E-state index in [-0.39, 0.29) is 16.3 Å². The number of carbonyl (C=O) groups is 1. The summed E-state index contributed by atoms with van der Waals surface area (Å²) < 4.78 is 13.1. The topological polar surface area (TPSA) is 17.1 Å². The molecule has 0 radical (unpaired) electrons. The maximum Gasteiger partial charge on any atom is 0.178 e. The van der Waals surface area contributed by atoms with Gasteiger partial charge in [-0.25, -0.2) is 4.39 Å². The Kier molecular flexibility index (Phi) is 3.40. The second-order valence-electron chi connectivity index (χ2n) is 4.14. The third-order valence-corrected chi connectivity index (χ3v) is 5.01. The van der Waals surface area contributed by atoms with Crippen molar-refractivity contribution in [3.8, 4) is 0 Å². The van der Waals surface area contributed by atoms with E-state index in [0.717, 1.165) is 18.6 Å². The van der Waals surface area contributed by atoms with Gasteiger partial charge in [0.2, 0.25) is 0 Å². The molecule has 1 saturated heterocycles. The van der Waals surface area contributed by atoms with E-state index in [1.54, 1.807) is 23.9 Å². The average molecular weight is 303 g/mol. The fourth-order valence-electron chi connectivity index (χ4n) is 1.90. The van der Waals surface area contributed by atoms with Crippen LogP contribution in [0, 0.1) is 5.82 Å². The predicted octanol–water partition coefficient (Wildman–Crippen LogP) is 4.06. The largest absolute Gasteiger partial charge is 0.293 e. The Morgan fingerprint density at radius 3 is 2.88 bits per heavy atom. The van der Waals surface area contributed by atoms with Gasteiger partial charge >= 0.3 is 0 Å². The van der Waals surface area contributed by atoms with Gasteiger partial charge in [-0.2, -0.15) is 0 Å². The lowest BCUT2D eigenvalue weighted by Gasteiger charge is -2.20. The first kappa shape index (κ1) is 12.1. The Balaban J connectivity index is 2.30. The minimum Gasteiger partial charge on any atom is -0.293 e. The number of hydrogen-bond donors (Lipinski definition) is 0. The lowest BCUT2D eigenvalue weighted by molar-refractivity contribution is 0.0949. The molecule has 0 aliphatic carbocycles. The molecule has 1 aromatic rings. The Morgan fingerprint density at radius 2 is 2.31 bits per heavy atom. The van der Waals surface area contributed by atoms with Gasteiger partial charge < -0.3 is 0 Å². The zero-order valence-electron chi connectivity index (χ0n) is 8.93. The van der Waals surface area contributed by atoms with Crippen LogP contribution in [0.4, 0.5) is 4.39 Å². The van der Waals surface area contributed by atoms with Gasteiger partial charge in [-0.15, -0.1) is 11.8 Å². The molecule has 0 aromatic heterocycles. The van der Waals surface area contributed by atoms with Crippen LogP contribution in [0.1, 0.15) is 30.1 Å². The molecule has 1 unspecified atom stereocenters. The van der Waals surface area contributed by atoms with Gasteiger partial charge in [-0.3, -0.25) is 4.79 Å². The normalized spacial score (nSPS) is 24.7. The molecule has 0 saturated carbocycles. The average Bonchev–Trinajstić information content (AvgIpc) is 2.70. The van der Waals surface area contributed by atoms with Crippen LogP contribution < -0.4 is 0 Å². The third kappa shape index (κ3) is 2.18. The van der Waals surface area contributed by atoms with Crippen molar-refractivity contribution in [1.82, 2.24) is 0 Å². The quantitative estimate of drug-likeness (QED) is 0.767. The van der Waals surface area contributed by atoms with Gasteiger partial charge in [-0.05, 0) is 59.6 Å². The van der Waals surface area contributed by atoms with Crippen LogP contribution in [0.2, 0.25) is 0 Å². The smallest absolute Gasteiger partial charge is 0.178 e. The minimum atomic E-state index is -0.333. The Hall–Kier alpha value is -0.350. The van der Waals surface area contributed by atoms with Crippen molar-refractivity contribution in [1.29, 1.82) is 0 Å². The molecule has 86 valence electrons. The second-order valence-corrected chi connectivity index (χ2v) is 6.59. The molecule has 0 N–H and O–H groups in total. The highest BCUT2D eigenvalue weighted by Gasteiger charge is 2.37. The predicted molar refractivity (Wildman–Crippen MR) is 68.5 cm³/mol. The van der Waals surface area contributed by atoms with E-state index in [2.05, 4.69) is 15.9 Å². The van der Waals surface area contributed by atoms with Crippen molar-refractivity contribution in [2.24, 2.45) is 0 Å². The van der Waals surface area contributed by atoms with Crippen molar-refractivity contribution in [3.63, 3.8) is 0 Å². The van der Waals surface area contributed by atoms with Crippen molar-refractivity contribution >= 4 is 33.5 Å². The number of ketones is 1. The van der Waals surface area contributed by atoms with Gasteiger partial charge in [0.05, 0.1) is 9.22 Å². The van der Waals surface area contributed by atoms with Crippen LogP contribution >= 0.6 is 27.7 Å². The lowest BCUT2D eigenvalue weighted by atomic mass is 9.95. The first-order valence-electron chi connectivity index (χ1n) is 5.17. The summed E-state index contributed by atoms with van der Waals surface area (Å²) >= 11 is 4.81. The van der Waals surface area contributed by atoms with E-state index in [9.17, 15) is 9.18 Å². The minimum absolute atomic E-state index is 0.107. The number of benzene rings is 1. The van der Waals surface area contributed by atoms with Crippen LogP contribution in [-0.2, 0) is 0 Å². The summed E-state index contributed by atoms with van der Waals surface area (Å²) in [5, 5.41) is 0. The Bertz CT molecular complexity index is 427. The molecule has 0 bridgehead atoms. The summed E-state index contributed by atoms with van der Waals surface area (Å²) in [6, 6.07) is 4.47. The Labute approximate surface area is 107 Å². The highest BCUT2D eigenvalue weighted by atomic mass is 79.9. The number of rotatable bonds is 2. The van der Waals surface area contributed by atoms with E-state index >= 15 is 0 Å². The summed E-state index contributed by atoms with van der Waals surface area (Å²) in [6.45, 7) is 1.98. The summed E-state index contributed by atoms with van der Waals surface area (Å²) in [6.07, 6.45) is 1.99. The summed E-state index contributed by atoms with van der Waals surface area (Å²) in [5.41, 5.74) is 0.588. The highest BCUT2D eigenvalue weighted by molar-refractivity contribution is 9.10. The molecule has 1 atom stereocenters. The molecule has 1 heterocycles. The standard InChI is InChI=1S/C12H12BrFOS/c1-12(5-2-6-16-12)11(15)8-3-4-10(14)9(13)7-8/h3-4,7H,2,5-6H2,1H3. The maximum absolute atomic E-state index is 13.1. The molecular weight excluding hydrogens is 291 g/mol. The van der Waals surface area contributed by atoms with Crippen molar-refractivity contribution in [2.45, 2.75) is 24.5 Å². The lowest BCUT2D eigenvalue weighted by Crippen LogP contribution is -2.28. The van der Waals surface area contributed by atoms with Crippen molar-refractivity contribution in [3.05, 3.63) is 34.1 Å². The molecule has 4 heteroatoms. The first-order chi connectivity index (χ1) is 7.53. The number of hydrogen-bond acceptors (Lipinski definition) is 2. The highest BCUT2D eigenvalue weighted by Crippen LogP contribution is 2.40. The van der Waals surface area contributed by atoms with E-state index in [1.807, 2.05) is 6.92 Å². The van der Waals surface area contributed by atoms with Crippen LogP contribution in [0.15, 0.2) is 22.7 Å². The van der Waals surface area contributed by atoms with Crippen LogP contribution in [0.3, 0.4) is 0 Å². The molecule has 1 fully saturated rings. The van der Waals surface area contributed by atoms with E-state index in [4.69, 9.17) is 0 Å². The second kappa shape index (κ2) is 4.49. The fourth-order valence-corrected chi connectivity index (χ4v) is 3.56. The fraction of sp³-hybridized carbons (Fsp3) is 0.417. The molecule has 1 aliphatic heterocycles. The molecular formula is C12H12BrFOS. The van der Waals surface area contributed by atoms with E-state index in [1.165, 1.54) is 6.07 Å². The number of Topliss-reactive ketones (excluding diaryl/α,β-unsaturated/α-hetero) is 1. The molecule has 16 heavy (non-hydrogen) atoms. The molecule has 2 rings (SSSR count). The van der Waals surface area contributed by atoms with Crippen molar-refractivity contribution in [2.75, 3.05) is 5.75 Å². The van der Waals surface area contributed by atoms with Gasteiger partial charge in [0, 0.05) is 5.56 Å². The van der Waals surface area contributed by atoms with Gasteiger partial charge in [0.15, 0.2) is 5.78 Å². The maximum atomic E-state index is 13.1. The van der Waals surface area contributed by atoms with E-state index < -0.39 is 0 Å². The van der Waals surface area contributed by atoms with Crippen LogP contribution in [-0.4, -0.2) is 16.3 Å². The molecule has 1 nitrogen and oxygen atoms in total. The summed E-state index contributed by atoms with van der Waals surface area (Å²) in [4.78, 5) is 12.3. The van der Waals surface area contributed by atoms with Crippen molar-refractivity contribution < 1.29 is 9.18 Å². The van der Waals surface area contributed by atoms with Gasteiger partial charge in [0.1, 0.15) is 5.82 Å². The molecule has 0 spiro atoms. The van der Waals surface area contributed by atoms with Gasteiger partial charge in [-0.1, -0.05) is 0 Å². The number of carbonyl (C=O) groups excluding carboxylic acids is 1. The molecule has 1 aromatic carbocycles.